The maximum absolute atomic E-state index is 12.1. The number of ether oxygens (including phenoxy) is 1. The number of aromatic nitrogens is 7. The summed E-state index contributed by atoms with van der Waals surface area (Å²) in [5.74, 6) is 0.489. The number of anilines is 2. The molecule has 6 heterocycles. The van der Waals surface area contributed by atoms with E-state index in [1.54, 1.807) is 13.1 Å². The average molecular weight is 517 g/mol. The standard InChI is InChI=1S/C26H32N10O2/c1-16-13-33(14-17(2)34(16)18(3)37)21-8-19(10-28-11-21)23-9-22(25-26(27)29-15-31-36(23)25)24-12-30-32-35(24)20-4-6-38-7-5-20/h8-12,15-17,20H,4-7,13-14H2,1-3H3,(H2,27,29,31). The van der Waals surface area contributed by atoms with Crippen molar-refractivity contribution in [1.29, 1.82) is 0 Å². The molecule has 4 aromatic heterocycles. The Labute approximate surface area is 220 Å². The van der Waals surface area contributed by atoms with Crippen LogP contribution >= 0.6 is 0 Å². The van der Waals surface area contributed by atoms with Gasteiger partial charge in [-0.15, -0.1) is 5.10 Å². The topological polar surface area (TPSA) is 133 Å². The Morgan fingerprint density at radius 2 is 1.82 bits per heavy atom. The highest BCUT2D eigenvalue weighted by atomic mass is 16.5. The van der Waals surface area contributed by atoms with Crippen molar-refractivity contribution in [2.24, 2.45) is 0 Å². The Morgan fingerprint density at radius 3 is 2.55 bits per heavy atom. The van der Waals surface area contributed by atoms with Gasteiger partial charge < -0.3 is 20.3 Å². The highest BCUT2D eigenvalue weighted by Crippen LogP contribution is 2.37. The highest BCUT2D eigenvalue weighted by Gasteiger charge is 2.31. The van der Waals surface area contributed by atoms with Gasteiger partial charge in [-0.3, -0.25) is 9.78 Å². The third-order valence-electron chi connectivity index (χ3n) is 7.64. The zero-order chi connectivity index (χ0) is 26.4. The second-order valence-electron chi connectivity index (χ2n) is 10.2. The number of hydrogen-bond donors (Lipinski definition) is 1. The lowest BCUT2D eigenvalue weighted by Gasteiger charge is -2.45. The van der Waals surface area contributed by atoms with Crippen LogP contribution in [0.1, 0.15) is 39.7 Å². The van der Waals surface area contributed by atoms with Crippen molar-refractivity contribution >= 4 is 22.9 Å². The third kappa shape index (κ3) is 4.14. The molecule has 12 heteroatoms. The molecule has 0 aromatic carbocycles. The van der Waals surface area contributed by atoms with Crippen molar-refractivity contribution < 1.29 is 9.53 Å². The summed E-state index contributed by atoms with van der Waals surface area (Å²) in [7, 11) is 0. The van der Waals surface area contributed by atoms with Gasteiger partial charge in [0.15, 0.2) is 5.82 Å². The Kier molecular flexibility index (Phi) is 6.18. The minimum atomic E-state index is 0.103. The minimum absolute atomic E-state index is 0.103. The number of nitrogens with zero attached hydrogens (tertiary/aromatic N) is 9. The molecule has 2 saturated heterocycles. The molecular formula is C26H32N10O2. The number of hydrogen-bond acceptors (Lipinski definition) is 9. The Morgan fingerprint density at radius 1 is 1.05 bits per heavy atom. The highest BCUT2D eigenvalue weighted by molar-refractivity contribution is 5.90. The number of nitrogens with two attached hydrogens (primary N) is 1. The summed E-state index contributed by atoms with van der Waals surface area (Å²) in [5.41, 5.74) is 11.6. The van der Waals surface area contributed by atoms with Gasteiger partial charge in [-0.05, 0) is 38.8 Å². The first-order chi connectivity index (χ1) is 18.4. The summed E-state index contributed by atoms with van der Waals surface area (Å²) < 4.78 is 9.34. The van der Waals surface area contributed by atoms with Crippen molar-refractivity contribution in [2.75, 3.05) is 36.9 Å². The van der Waals surface area contributed by atoms with Gasteiger partial charge in [0.05, 0.1) is 35.5 Å². The fourth-order valence-corrected chi connectivity index (χ4v) is 6.00. The summed E-state index contributed by atoms with van der Waals surface area (Å²) in [5, 5.41) is 13.2. The van der Waals surface area contributed by atoms with Gasteiger partial charge in [0.25, 0.3) is 0 Å². The van der Waals surface area contributed by atoms with E-state index < -0.39 is 0 Å². The molecule has 198 valence electrons. The van der Waals surface area contributed by atoms with Crippen molar-refractivity contribution in [3.63, 3.8) is 0 Å². The van der Waals surface area contributed by atoms with Gasteiger partial charge in [-0.2, -0.15) is 5.10 Å². The number of nitrogen functional groups attached to an aromatic ring is 1. The number of rotatable bonds is 4. The van der Waals surface area contributed by atoms with Gasteiger partial charge in [0.2, 0.25) is 5.91 Å². The lowest BCUT2D eigenvalue weighted by molar-refractivity contribution is -0.133. The molecule has 0 saturated carbocycles. The van der Waals surface area contributed by atoms with Crippen LogP contribution in [-0.4, -0.2) is 83.8 Å². The van der Waals surface area contributed by atoms with E-state index in [1.165, 1.54) is 6.33 Å². The first-order valence-corrected chi connectivity index (χ1v) is 13.0. The molecule has 0 aliphatic carbocycles. The normalized spacial score (nSPS) is 20.8. The van der Waals surface area contributed by atoms with Crippen LogP contribution in [0.3, 0.4) is 0 Å². The van der Waals surface area contributed by atoms with Crippen molar-refractivity contribution in [3.8, 4) is 22.5 Å². The van der Waals surface area contributed by atoms with Crippen molar-refractivity contribution in [3.05, 3.63) is 37.1 Å². The Balaban J connectivity index is 1.41. The maximum atomic E-state index is 12.1. The number of carbonyl (C=O) groups is 1. The van der Waals surface area contributed by atoms with E-state index in [-0.39, 0.29) is 24.0 Å². The quantitative estimate of drug-likeness (QED) is 0.434. The van der Waals surface area contributed by atoms with Gasteiger partial charge in [-0.1, -0.05) is 5.21 Å². The lowest BCUT2D eigenvalue weighted by Crippen LogP contribution is -2.58. The summed E-state index contributed by atoms with van der Waals surface area (Å²) in [6, 6.07) is 4.59. The summed E-state index contributed by atoms with van der Waals surface area (Å²) >= 11 is 0. The molecular weight excluding hydrogens is 484 g/mol. The zero-order valence-corrected chi connectivity index (χ0v) is 21.9. The fraction of sp³-hybridized carbons (Fsp3) is 0.462. The van der Waals surface area contributed by atoms with Crippen LogP contribution in [0.15, 0.2) is 37.1 Å². The molecule has 0 spiro atoms. The van der Waals surface area contributed by atoms with E-state index in [2.05, 4.69) is 56.3 Å². The average Bonchev–Trinajstić information content (AvgIpc) is 3.54. The van der Waals surface area contributed by atoms with Crippen LogP contribution in [0.4, 0.5) is 11.5 Å². The van der Waals surface area contributed by atoms with E-state index in [0.717, 1.165) is 54.1 Å². The molecule has 4 aromatic rings. The van der Waals surface area contributed by atoms with Crippen LogP contribution in [0.5, 0.6) is 0 Å². The van der Waals surface area contributed by atoms with Gasteiger partial charge in [0.1, 0.15) is 11.8 Å². The summed E-state index contributed by atoms with van der Waals surface area (Å²) in [6.45, 7) is 8.69. The number of carbonyl (C=O) groups excluding carboxylic acids is 1. The molecule has 38 heavy (non-hydrogen) atoms. The van der Waals surface area contributed by atoms with Crippen LogP contribution in [0.25, 0.3) is 28.0 Å². The number of piperazine rings is 1. The van der Waals surface area contributed by atoms with Crippen LogP contribution in [0, 0.1) is 0 Å². The first kappa shape index (κ1) is 24.3. The fourth-order valence-electron chi connectivity index (χ4n) is 6.00. The van der Waals surface area contributed by atoms with Gasteiger partial charge >= 0.3 is 0 Å². The smallest absolute Gasteiger partial charge is 0.220 e. The number of amides is 1. The van der Waals surface area contributed by atoms with Crippen molar-refractivity contribution in [1.82, 2.24) is 39.5 Å². The van der Waals surface area contributed by atoms with Crippen LogP contribution in [0.2, 0.25) is 0 Å². The maximum Gasteiger partial charge on any atom is 0.220 e. The van der Waals surface area contributed by atoms with E-state index in [4.69, 9.17) is 10.5 Å². The molecule has 1 amide bonds. The molecule has 0 bridgehead atoms. The molecule has 2 atom stereocenters. The van der Waals surface area contributed by atoms with Gasteiger partial charge in [-0.25, -0.2) is 14.2 Å². The number of pyridine rings is 1. The SMILES string of the molecule is CC(=O)N1C(C)CN(c2cncc(-c3cc(-c4cnnn4C4CCOCC4)c4c(N)ncnn34)c2)CC1C. The van der Waals surface area contributed by atoms with Crippen LogP contribution in [-0.2, 0) is 9.53 Å². The minimum Gasteiger partial charge on any atom is -0.382 e. The molecule has 2 aliphatic heterocycles. The second-order valence-corrected chi connectivity index (χ2v) is 10.2. The molecule has 2 fully saturated rings. The molecule has 12 nitrogen and oxygen atoms in total. The third-order valence-corrected chi connectivity index (χ3v) is 7.64. The summed E-state index contributed by atoms with van der Waals surface area (Å²) in [6.07, 6.45) is 8.69. The van der Waals surface area contributed by atoms with Gasteiger partial charge in [0, 0.05) is 62.6 Å². The van der Waals surface area contributed by atoms with E-state index in [1.807, 2.05) is 26.5 Å². The summed E-state index contributed by atoms with van der Waals surface area (Å²) in [4.78, 5) is 25.2. The van der Waals surface area contributed by atoms with Crippen LogP contribution < -0.4 is 10.6 Å². The zero-order valence-electron chi connectivity index (χ0n) is 21.9. The predicted molar refractivity (Wildman–Crippen MR) is 142 cm³/mol. The largest absolute Gasteiger partial charge is 0.382 e. The Hall–Kier alpha value is -4.06. The molecule has 0 radical (unpaired) electrons. The second kappa shape index (κ2) is 9.67. The number of fused-ring (bicyclic) bond motifs is 1. The molecule has 2 aliphatic rings. The van der Waals surface area contributed by atoms with Crippen molar-refractivity contribution in [2.45, 2.75) is 51.7 Å². The Bertz CT molecular complexity index is 1460. The molecule has 6 rings (SSSR count). The molecule has 2 unspecified atom stereocenters. The van der Waals surface area contributed by atoms with E-state index >= 15 is 0 Å². The lowest BCUT2D eigenvalue weighted by atomic mass is 10.1. The predicted octanol–water partition coefficient (Wildman–Crippen LogP) is 2.43. The monoisotopic (exact) mass is 516 g/mol. The molecule has 2 N–H and O–H groups in total. The first-order valence-electron chi connectivity index (χ1n) is 13.0. The van der Waals surface area contributed by atoms with E-state index in [0.29, 0.717) is 24.5 Å². The van der Waals surface area contributed by atoms with E-state index in [9.17, 15) is 4.79 Å².